The van der Waals surface area contributed by atoms with Gasteiger partial charge in [0.2, 0.25) is 0 Å². The number of carbonyl (C=O) groups excluding carboxylic acids is 3. The SMILES string of the molecule is CCCCCCCCCCCCC(=O)OC[C@@H](COC(=O)CCCCCCCCCCCCCCCCC(C)CC)OC(=O)CCCCCCCCCCCCCCCCC(C)C. The van der Waals surface area contributed by atoms with Crippen LogP contribution in [0.4, 0.5) is 0 Å². The molecule has 0 spiro atoms. The van der Waals surface area contributed by atoms with E-state index in [2.05, 4.69) is 34.6 Å². The Kier molecular flexibility index (Phi) is 48.6. The third kappa shape index (κ3) is 49.7. The monoisotopic (exact) mass is 891 g/mol. The van der Waals surface area contributed by atoms with E-state index in [4.69, 9.17) is 14.2 Å². The van der Waals surface area contributed by atoms with E-state index in [1.54, 1.807) is 0 Å². The van der Waals surface area contributed by atoms with Gasteiger partial charge in [0.25, 0.3) is 0 Å². The van der Waals surface area contributed by atoms with Gasteiger partial charge in [0.05, 0.1) is 0 Å². The summed E-state index contributed by atoms with van der Waals surface area (Å²) in [7, 11) is 0. The molecular weight excluding hydrogens is 781 g/mol. The van der Waals surface area contributed by atoms with Crippen molar-refractivity contribution < 1.29 is 28.6 Å². The van der Waals surface area contributed by atoms with Crippen molar-refractivity contribution in [1.82, 2.24) is 0 Å². The molecule has 0 N–H and O–H groups in total. The Hall–Kier alpha value is -1.59. The molecule has 0 aromatic rings. The van der Waals surface area contributed by atoms with Crippen molar-refractivity contribution in [2.45, 2.75) is 323 Å². The molecule has 0 aliphatic heterocycles. The molecule has 6 heteroatoms. The first kappa shape index (κ1) is 61.4. The first-order valence-electron chi connectivity index (χ1n) is 28.3. The average molecular weight is 892 g/mol. The van der Waals surface area contributed by atoms with Crippen molar-refractivity contribution in [2.75, 3.05) is 13.2 Å². The normalized spacial score (nSPS) is 12.5. The van der Waals surface area contributed by atoms with Crippen LogP contribution in [0.1, 0.15) is 317 Å². The molecule has 0 aromatic heterocycles. The lowest BCUT2D eigenvalue weighted by Crippen LogP contribution is -2.30. The lowest BCUT2D eigenvalue weighted by atomic mass is 9.99. The third-order valence-electron chi connectivity index (χ3n) is 13.3. The summed E-state index contributed by atoms with van der Waals surface area (Å²) in [6.45, 7) is 11.4. The van der Waals surface area contributed by atoms with E-state index >= 15 is 0 Å². The quantitative estimate of drug-likeness (QED) is 0.0344. The highest BCUT2D eigenvalue weighted by Crippen LogP contribution is 2.18. The summed E-state index contributed by atoms with van der Waals surface area (Å²) in [5.41, 5.74) is 0. The fourth-order valence-electron chi connectivity index (χ4n) is 8.66. The minimum absolute atomic E-state index is 0.0629. The molecule has 0 aliphatic rings. The summed E-state index contributed by atoms with van der Waals surface area (Å²) in [5.74, 6) is 0.897. The molecule has 0 fully saturated rings. The maximum absolute atomic E-state index is 12.8. The molecule has 63 heavy (non-hydrogen) atoms. The number of ether oxygens (including phenoxy) is 3. The molecule has 0 rings (SSSR count). The Morgan fingerprint density at radius 3 is 0.905 bits per heavy atom. The van der Waals surface area contributed by atoms with Gasteiger partial charge in [-0.3, -0.25) is 14.4 Å². The van der Waals surface area contributed by atoms with Gasteiger partial charge in [-0.25, -0.2) is 0 Å². The highest BCUT2D eigenvalue weighted by molar-refractivity contribution is 5.71. The van der Waals surface area contributed by atoms with Gasteiger partial charge in [0.15, 0.2) is 6.10 Å². The van der Waals surface area contributed by atoms with E-state index in [-0.39, 0.29) is 31.1 Å². The van der Waals surface area contributed by atoms with Crippen molar-refractivity contribution >= 4 is 17.9 Å². The highest BCUT2D eigenvalue weighted by atomic mass is 16.6. The van der Waals surface area contributed by atoms with Crippen molar-refractivity contribution in [3.63, 3.8) is 0 Å². The second-order valence-corrected chi connectivity index (χ2v) is 20.3. The number of esters is 3. The molecule has 0 aliphatic carbocycles. The summed E-state index contributed by atoms with van der Waals surface area (Å²) in [6.07, 6.45) is 52.3. The number of carbonyl (C=O) groups is 3. The minimum atomic E-state index is -0.762. The molecule has 0 bridgehead atoms. The predicted octanol–water partition coefficient (Wildman–Crippen LogP) is 18.5. The van der Waals surface area contributed by atoms with Crippen molar-refractivity contribution in [1.29, 1.82) is 0 Å². The molecule has 374 valence electrons. The summed E-state index contributed by atoms with van der Waals surface area (Å²) < 4.78 is 16.9. The van der Waals surface area contributed by atoms with Gasteiger partial charge in [-0.15, -0.1) is 0 Å². The average Bonchev–Trinajstić information content (AvgIpc) is 3.27. The van der Waals surface area contributed by atoms with Gasteiger partial charge in [-0.05, 0) is 31.1 Å². The van der Waals surface area contributed by atoms with E-state index in [0.29, 0.717) is 19.3 Å². The maximum atomic E-state index is 12.8. The first-order valence-corrected chi connectivity index (χ1v) is 28.3. The van der Waals surface area contributed by atoms with Crippen LogP contribution in [0.2, 0.25) is 0 Å². The molecule has 0 saturated heterocycles. The Morgan fingerprint density at radius 1 is 0.333 bits per heavy atom. The second kappa shape index (κ2) is 49.8. The third-order valence-corrected chi connectivity index (χ3v) is 13.3. The number of unbranched alkanes of at least 4 members (excludes halogenated alkanes) is 35. The second-order valence-electron chi connectivity index (χ2n) is 20.3. The van der Waals surface area contributed by atoms with Gasteiger partial charge in [-0.2, -0.15) is 0 Å². The molecule has 0 aromatic carbocycles. The number of hydrogen-bond donors (Lipinski definition) is 0. The highest BCUT2D eigenvalue weighted by Gasteiger charge is 2.19. The lowest BCUT2D eigenvalue weighted by Gasteiger charge is -2.18. The zero-order chi connectivity index (χ0) is 46.1. The van der Waals surface area contributed by atoms with Gasteiger partial charge >= 0.3 is 17.9 Å². The Morgan fingerprint density at radius 2 is 0.603 bits per heavy atom. The maximum Gasteiger partial charge on any atom is 0.306 e. The van der Waals surface area contributed by atoms with E-state index in [9.17, 15) is 14.4 Å². The Balaban J connectivity index is 4.25. The predicted molar refractivity (Wildman–Crippen MR) is 270 cm³/mol. The van der Waals surface area contributed by atoms with E-state index in [1.807, 2.05) is 0 Å². The van der Waals surface area contributed by atoms with E-state index in [1.165, 1.54) is 205 Å². The van der Waals surface area contributed by atoms with Gasteiger partial charge in [-0.1, -0.05) is 279 Å². The van der Waals surface area contributed by atoms with Crippen LogP contribution in [0.5, 0.6) is 0 Å². The lowest BCUT2D eigenvalue weighted by molar-refractivity contribution is -0.167. The number of rotatable bonds is 51. The smallest absolute Gasteiger partial charge is 0.306 e. The molecule has 0 amide bonds. The van der Waals surface area contributed by atoms with Crippen LogP contribution >= 0.6 is 0 Å². The molecule has 2 atom stereocenters. The number of hydrogen-bond acceptors (Lipinski definition) is 6. The van der Waals surface area contributed by atoms with Gasteiger partial charge in [0, 0.05) is 19.3 Å². The molecule has 6 nitrogen and oxygen atoms in total. The zero-order valence-corrected chi connectivity index (χ0v) is 43.2. The van der Waals surface area contributed by atoms with Crippen LogP contribution in [0.15, 0.2) is 0 Å². The van der Waals surface area contributed by atoms with Crippen molar-refractivity contribution in [2.24, 2.45) is 11.8 Å². The van der Waals surface area contributed by atoms with E-state index < -0.39 is 6.10 Å². The van der Waals surface area contributed by atoms with Crippen LogP contribution in [0.25, 0.3) is 0 Å². The van der Waals surface area contributed by atoms with Crippen LogP contribution in [0, 0.1) is 11.8 Å². The summed E-state index contributed by atoms with van der Waals surface area (Å²) in [4.78, 5) is 38.0. The molecular formula is C57H110O6. The van der Waals surface area contributed by atoms with Crippen LogP contribution in [0.3, 0.4) is 0 Å². The summed E-state index contributed by atoms with van der Waals surface area (Å²) >= 11 is 0. The summed E-state index contributed by atoms with van der Waals surface area (Å²) in [6, 6.07) is 0. The summed E-state index contributed by atoms with van der Waals surface area (Å²) in [5, 5.41) is 0. The molecule has 1 unspecified atom stereocenters. The van der Waals surface area contributed by atoms with Gasteiger partial charge in [0.1, 0.15) is 13.2 Å². The largest absolute Gasteiger partial charge is 0.462 e. The van der Waals surface area contributed by atoms with Gasteiger partial charge < -0.3 is 14.2 Å². The topological polar surface area (TPSA) is 78.9 Å². The fraction of sp³-hybridized carbons (Fsp3) is 0.947. The Bertz CT molecular complexity index is 964. The van der Waals surface area contributed by atoms with Crippen molar-refractivity contribution in [3.05, 3.63) is 0 Å². The molecule has 0 saturated carbocycles. The minimum Gasteiger partial charge on any atom is -0.462 e. The fourth-order valence-corrected chi connectivity index (χ4v) is 8.66. The van der Waals surface area contributed by atoms with Crippen LogP contribution < -0.4 is 0 Å². The first-order chi connectivity index (χ1) is 30.8. The molecule has 0 radical (unpaired) electrons. The standard InChI is InChI=1S/C57H110O6/c1-6-8-9-10-11-12-27-32-37-42-47-55(58)61-50-54(63-57(60)49-44-39-34-29-24-20-15-13-17-21-25-30-35-40-45-52(3)4)51-62-56(59)48-43-38-33-28-23-19-16-14-18-22-26-31-36-41-46-53(5)7-2/h52-54H,6-51H2,1-5H3/t53?,54-/m0/s1. The van der Waals surface area contributed by atoms with Crippen molar-refractivity contribution in [3.8, 4) is 0 Å². The van der Waals surface area contributed by atoms with Crippen LogP contribution in [-0.2, 0) is 28.6 Å². The molecule has 0 heterocycles. The van der Waals surface area contributed by atoms with Crippen LogP contribution in [-0.4, -0.2) is 37.2 Å². The van der Waals surface area contributed by atoms with E-state index in [0.717, 1.165) is 69.6 Å². The Labute approximate surface area is 393 Å². The zero-order valence-electron chi connectivity index (χ0n) is 43.2.